The first-order valence-corrected chi connectivity index (χ1v) is 4.58. The smallest absolute Gasteiger partial charge is 0.00356 e. The van der Waals surface area contributed by atoms with E-state index in [1.165, 1.54) is 32.5 Å². The molecule has 2 aliphatic rings. The van der Waals surface area contributed by atoms with E-state index in [1.54, 1.807) is 0 Å². The van der Waals surface area contributed by atoms with Gasteiger partial charge in [-0.1, -0.05) is 0 Å². The summed E-state index contributed by atoms with van der Waals surface area (Å²) < 4.78 is 0. The second kappa shape index (κ2) is 2.46. The summed E-state index contributed by atoms with van der Waals surface area (Å²) in [5.74, 6) is 0.999. The van der Waals surface area contributed by atoms with E-state index < -0.39 is 0 Å². The zero-order valence-corrected chi connectivity index (χ0v) is 7.56. The van der Waals surface area contributed by atoms with Crippen molar-refractivity contribution < 1.29 is 0 Å². The first-order valence-electron chi connectivity index (χ1n) is 4.58. The first kappa shape index (κ1) is 7.56. The molecule has 0 bridgehead atoms. The average Bonchev–Trinajstić information content (AvgIpc) is 2.59. The molecule has 0 amide bonds. The van der Waals surface area contributed by atoms with Gasteiger partial charge in [-0.3, -0.25) is 0 Å². The van der Waals surface area contributed by atoms with Gasteiger partial charge in [0.1, 0.15) is 0 Å². The zero-order valence-electron chi connectivity index (χ0n) is 7.56. The molecule has 2 heteroatoms. The Balaban J connectivity index is 1.92. The maximum atomic E-state index is 3.46. The molecule has 2 unspecified atom stereocenters. The van der Waals surface area contributed by atoms with Crippen molar-refractivity contribution >= 4 is 0 Å². The second-order valence-corrected chi connectivity index (χ2v) is 4.46. The molecule has 2 atom stereocenters. The normalized spacial score (nSPS) is 42.3. The number of hydrogen-bond acceptors (Lipinski definition) is 2. The fraction of sp³-hybridized carbons (Fsp3) is 1.00. The van der Waals surface area contributed by atoms with Crippen LogP contribution in [0.15, 0.2) is 0 Å². The van der Waals surface area contributed by atoms with Gasteiger partial charge < -0.3 is 10.2 Å². The van der Waals surface area contributed by atoms with Gasteiger partial charge in [0, 0.05) is 6.54 Å². The summed E-state index contributed by atoms with van der Waals surface area (Å²) >= 11 is 0. The fourth-order valence-corrected chi connectivity index (χ4v) is 2.54. The third-order valence-corrected chi connectivity index (χ3v) is 3.18. The molecule has 1 aliphatic heterocycles. The molecule has 0 radical (unpaired) electrons. The van der Waals surface area contributed by atoms with Crippen LogP contribution in [0.4, 0.5) is 0 Å². The van der Waals surface area contributed by atoms with Gasteiger partial charge in [-0.15, -0.1) is 0 Å². The quantitative estimate of drug-likeness (QED) is 0.625. The van der Waals surface area contributed by atoms with E-state index in [2.05, 4.69) is 24.3 Å². The molecule has 2 nitrogen and oxygen atoms in total. The van der Waals surface area contributed by atoms with Gasteiger partial charge in [0.25, 0.3) is 0 Å². The highest BCUT2D eigenvalue weighted by Crippen LogP contribution is 2.56. The third kappa shape index (κ3) is 1.30. The summed E-state index contributed by atoms with van der Waals surface area (Å²) in [6, 6.07) is 0. The predicted octanol–water partition coefficient (Wildman–Crippen LogP) is 0.548. The molecule has 11 heavy (non-hydrogen) atoms. The van der Waals surface area contributed by atoms with Crippen molar-refractivity contribution in [2.45, 2.75) is 12.8 Å². The molecule has 1 saturated heterocycles. The van der Waals surface area contributed by atoms with Crippen LogP contribution in [-0.2, 0) is 0 Å². The Bertz CT molecular complexity index is 156. The Kier molecular flexibility index (Phi) is 1.69. The predicted molar refractivity (Wildman–Crippen MR) is 46.6 cm³/mol. The Morgan fingerprint density at radius 1 is 1.55 bits per heavy atom. The van der Waals surface area contributed by atoms with E-state index in [0.717, 1.165) is 11.3 Å². The van der Waals surface area contributed by atoms with Crippen LogP contribution in [0, 0.1) is 11.3 Å². The average molecular weight is 154 g/mol. The monoisotopic (exact) mass is 154 g/mol. The first-order chi connectivity index (χ1) is 5.23. The molecule has 64 valence electrons. The minimum atomic E-state index is 0.731. The highest BCUT2D eigenvalue weighted by atomic mass is 15.1. The van der Waals surface area contributed by atoms with E-state index >= 15 is 0 Å². The molecule has 1 saturated carbocycles. The maximum absolute atomic E-state index is 3.46. The van der Waals surface area contributed by atoms with Gasteiger partial charge in [-0.05, 0) is 51.4 Å². The number of nitrogens with one attached hydrogen (secondary N) is 1. The van der Waals surface area contributed by atoms with E-state index in [0.29, 0.717) is 0 Å². The van der Waals surface area contributed by atoms with Crippen LogP contribution in [0.3, 0.4) is 0 Å². The van der Waals surface area contributed by atoms with Crippen molar-refractivity contribution in [2.75, 3.05) is 33.7 Å². The van der Waals surface area contributed by atoms with Crippen LogP contribution in [-0.4, -0.2) is 38.6 Å². The Hall–Kier alpha value is -0.0800. The van der Waals surface area contributed by atoms with Gasteiger partial charge >= 0.3 is 0 Å². The van der Waals surface area contributed by atoms with Gasteiger partial charge in [0.2, 0.25) is 0 Å². The lowest BCUT2D eigenvalue weighted by Gasteiger charge is -2.25. The summed E-state index contributed by atoms with van der Waals surface area (Å²) in [6.45, 7) is 3.82. The van der Waals surface area contributed by atoms with E-state index in [1.807, 2.05) is 0 Å². The fourth-order valence-electron chi connectivity index (χ4n) is 2.54. The van der Waals surface area contributed by atoms with Crippen LogP contribution in [0.25, 0.3) is 0 Å². The lowest BCUT2D eigenvalue weighted by Crippen LogP contribution is -2.34. The van der Waals surface area contributed by atoms with Gasteiger partial charge in [0.15, 0.2) is 0 Å². The van der Waals surface area contributed by atoms with Gasteiger partial charge in [-0.2, -0.15) is 0 Å². The molecule has 2 rings (SSSR count). The zero-order chi connectivity index (χ0) is 7.90. The number of nitrogens with zero attached hydrogens (tertiary/aromatic N) is 1. The topological polar surface area (TPSA) is 15.3 Å². The number of piperidine rings is 1. The number of hydrogen-bond donors (Lipinski definition) is 1. The molecular formula is C9H18N2. The van der Waals surface area contributed by atoms with Crippen molar-refractivity contribution in [3.8, 4) is 0 Å². The molecule has 0 spiro atoms. The third-order valence-electron chi connectivity index (χ3n) is 3.18. The maximum Gasteiger partial charge on any atom is 0.00356 e. The summed E-state index contributed by atoms with van der Waals surface area (Å²) in [5.41, 5.74) is 0.731. The molecule has 1 heterocycles. The summed E-state index contributed by atoms with van der Waals surface area (Å²) in [7, 11) is 4.37. The van der Waals surface area contributed by atoms with E-state index in [9.17, 15) is 0 Å². The van der Waals surface area contributed by atoms with Crippen molar-refractivity contribution in [2.24, 2.45) is 11.3 Å². The molecule has 2 fully saturated rings. The van der Waals surface area contributed by atoms with Gasteiger partial charge in [0.05, 0.1) is 0 Å². The van der Waals surface area contributed by atoms with E-state index in [4.69, 9.17) is 0 Å². The van der Waals surface area contributed by atoms with Crippen molar-refractivity contribution in [3.05, 3.63) is 0 Å². The van der Waals surface area contributed by atoms with Crippen LogP contribution in [0.1, 0.15) is 12.8 Å². The van der Waals surface area contributed by atoms with Crippen molar-refractivity contribution in [1.82, 2.24) is 10.2 Å². The van der Waals surface area contributed by atoms with Crippen LogP contribution in [0.2, 0.25) is 0 Å². The van der Waals surface area contributed by atoms with Crippen LogP contribution in [0.5, 0.6) is 0 Å². The van der Waals surface area contributed by atoms with Crippen molar-refractivity contribution in [1.29, 1.82) is 0 Å². The lowest BCUT2D eigenvalue weighted by molar-refractivity contribution is 0.252. The Labute approximate surface area is 69.0 Å². The van der Waals surface area contributed by atoms with Crippen molar-refractivity contribution in [3.63, 3.8) is 0 Å². The molecule has 0 aromatic carbocycles. The minimum absolute atomic E-state index is 0.731. The molecule has 1 N–H and O–H groups in total. The van der Waals surface area contributed by atoms with Gasteiger partial charge in [-0.25, -0.2) is 0 Å². The van der Waals surface area contributed by atoms with Crippen LogP contribution >= 0.6 is 0 Å². The number of fused-ring (bicyclic) bond motifs is 1. The summed E-state index contributed by atoms with van der Waals surface area (Å²) in [6.07, 6.45) is 2.87. The molecule has 0 aromatic rings. The largest absolute Gasteiger partial charge is 0.316 e. The second-order valence-electron chi connectivity index (χ2n) is 4.46. The standard InChI is InChI=1S/C9H18N2/c1-11(2)7-9-3-4-10-6-8(9)5-9/h8,10H,3-7H2,1-2H3. The number of rotatable bonds is 2. The Morgan fingerprint density at radius 3 is 3.00 bits per heavy atom. The summed E-state index contributed by atoms with van der Waals surface area (Å²) in [4.78, 5) is 2.34. The minimum Gasteiger partial charge on any atom is -0.316 e. The molecule has 1 aliphatic carbocycles. The molecule has 0 aromatic heterocycles. The van der Waals surface area contributed by atoms with Crippen LogP contribution < -0.4 is 5.32 Å². The SMILES string of the molecule is CN(C)CC12CCNCC1C2. The lowest BCUT2D eigenvalue weighted by atomic mass is 9.96. The molecular weight excluding hydrogens is 136 g/mol. The highest BCUT2D eigenvalue weighted by molar-refractivity contribution is 5.06. The summed E-state index contributed by atoms with van der Waals surface area (Å²) in [5, 5.41) is 3.46. The van der Waals surface area contributed by atoms with E-state index in [-0.39, 0.29) is 0 Å². The Morgan fingerprint density at radius 2 is 2.36 bits per heavy atom. The highest BCUT2D eigenvalue weighted by Gasteiger charge is 2.54.